The predicted molar refractivity (Wildman–Crippen MR) is 106 cm³/mol. The number of hydrogen-bond acceptors (Lipinski definition) is 7. The minimum Gasteiger partial charge on any atom is -0.497 e. The number of methoxy groups -OCH3 is 2. The molecule has 2 aromatic rings. The van der Waals surface area contributed by atoms with Gasteiger partial charge in [-0.1, -0.05) is 0 Å². The Kier molecular flexibility index (Phi) is 5.56. The normalized spacial score (nSPS) is 21.6. The van der Waals surface area contributed by atoms with E-state index in [-0.39, 0.29) is 17.4 Å². The molecule has 8 heteroatoms. The van der Waals surface area contributed by atoms with Crippen molar-refractivity contribution in [3.05, 3.63) is 41.6 Å². The minimum absolute atomic E-state index is 0.0894. The molecule has 2 aliphatic heterocycles. The van der Waals surface area contributed by atoms with E-state index in [2.05, 4.69) is 22.1 Å². The number of rotatable bonds is 5. The van der Waals surface area contributed by atoms with Crippen LogP contribution in [0.5, 0.6) is 5.75 Å². The molecule has 2 aliphatic rings. The summed E-state index contributed by atoms with van der Waals surface area (Å²) in [5, 5.41) is 8.30. The van der Waals surface area contributed by atoms with Gasteiger partial charge in [-0.25, -0.2) is 0 Å². The SMILES string of the molecule is COCc1nnc(C2CC3(CCN(C(=O)c4ccc(OC)cc4)CC3)CN2C)o1. The Hall–Kier alpha value is -2.45. The molecule has 8 nitrogen and oxygen atoms in total. The predicted octanol–water partition coefficient (Wildman–Crippen LogP) is 2.52. The zero-order valence-corrected chi connectivity index (χ0v) is 17.3. The van der Waals surface area contributed by atoms with Gasteiger partial charge in [0.05, 0.1) is 13.2 Å². The third kappa shape index (κ3) is 4.00. The van der Waals surface area contributed by atoms with Crippen molar-refractivity contribution in [2.45, 2.75) is 31.9 Å². The van der Waals surface area contributed by atoms with Crippen molar-refractivity contribution in [3.8, 4) is 5.75 Å². The molecule has 2 saturated heterocycles. The average Bonchev–Trinajstić information content (AvgIpc) is 3.33. The van der Waals surface area contributed by atoms with Crippen LogP contribution in [-0.2, 0) is 11.3 Å². The Balaban J connectivity index is 1.38. The van der Waals surface area contributed by atoms with Crippen molar-refractivity contribution >= 4 is 5.91 Å². The van der Waals surface area contributed by atoms with Crippen molar-refractivity contribution in [1.82, 2.24) is 20.0 Å². The molecule has 1 atom stereocenters. The smallest absolute Gasteiger partial charge is 0.253 e. The summed E-state index contributed by atoms with van der Waals surface area (Å²) in [4.78, 5) is 17.1. The van der Waals surface area contributed by atoms with Gasteiger partial charge in [0.15, 0.2) is 0 Å². The monoisotopic (exact) mass is 400 g/mol. The van der Waals surface area contributed by atoms with Crippen LogP contribution in [0.15, 0.2) is 28.7 Å². The largest absolute Gasteiger partial charge is 0.497 e. The van der Waals surface area contributed by atoms with Gasteiger partial charge in [0.1, 0.15) is 12.4 Å². The fourth-order valence-electron chi connectivity index (χ4n) is 4.59. The molecule has 0 saturated carbocycles. The fourth-order valence-corrected chi connectivity index (χ4v) is 4.59. The highest BCUT2D eigenvalue weighted by Crippen LogP contribution is 2.48. The van der Waals surface area contributed by atoms with Gasteiger partial charge in [0, 0.05) is 32.3 Å². The zero-order valence-electron chi connectivity index (χ0n) is 17.3. The summed E-state index contributed by atoms with van der Waals surface area (Å²) in [5.41, 5.74) is 0.895. The minimum atomic E-state index is 0.0894. The fraction of sp³-hybridized carbons (Fsp3) is 0.571. The summed E-state index contributed by atoms with van der Waals surface area (Å²) in [6.07, 6.45) is 2.94. The molecule has 29 heavy (non-hydrogen) atoms. The van der Waals surface area contributed by atoms with Crippen LogP contribution in [0.1, 0.15) is 47.4 Å². The molecule has 0 radical (unpaired) electrons. The summed E-state index contributed by atoms with van der Waals surface area (Å²) >= 11 is 0. The van der Waals surface area contributed by atoms with Gasteiger partial charge in [0.2, 0.25) is 11.8 Å². The van der Waals surface area contributed by atoms with E-state index in [1.54, 1.807) is 14.2 Å². The Bertz CT molecular complexity index is 843. The first-order valence-corrected chi connectivity index (χ1v) is 9.98. The molecule has 0 bridgehead atoms. The third-order valence-electron chi connectivity index (χ3n) is 6.23. The maximum absolute atomic E-state index is 12.8. The standard InChI is InChI=1S/C21H28N4O4/c1-24-14-21(12-17(24)19-23-22-18(29-19)13-27-2)8-10-25(11-9-21)20(26)15-4-6-16(28-3)7-5-15/h4-7,17H,8-14H2,1-3H3. The first-order valence-electron chi connectivity index (χ1n) is 9.98. The second-order valence-corrected chi connectivity index (χ2v) is 8.12. The van der Waals surface area contributed by atoms with Crippen molar-refractivity contribution in [1.29, 1.82) is 0 Å². The molecule has 0 aliphatic carbocycles. The second-order valence-electron chi connectivity index (χ2n) is 8.12. The van der Waals surface area contributed by atoms with Crippen molar-refractivity contribution in [3.63, 3.8) is 0 Å². The van der Waals surface area contributed by atoms with Crippen LogP contribution in [0.2, 0.25) is 0 Å². The first-order chi connectivity index (χ1) is 14.0. The van der Waals surface area contributed by atoms with Gasteiger partial charge in [-0.15, -0.1) is 10.2 Å². The number of ether oxygens (including phenoxy) is 2. The van der Waals surface area contributed by atoms with E-state index < -0.39 is 0 Å². The summed E-state index contributed by atoms with van der Waals surface area (Å²) < 4.78 is 16.0. The number of benzene rings is 1. The lowest BCUT2D eigenvalue weighted by molar-refractivity contribution is 0.0593. The number of aromatic nitrogens is 2. The molecule has 4 rings (SSSR count). The molecule has 1 amide bonds. The number of likely N-dealkylation sites (tertiary alicyclic amines) is 2. The Morgan fingerprint density at radius 1 is 1.21 bits per heavy atom. The summed E-state index contributed by atoms with van der Waals surface area (Å²) in [6, 6.07) is 7.45. The van der Waals surface area contributed by atoms with E-state index in [9.17, 15) is 4.79 Å². The Morgan fingerprint density at radius 3 is 2.59 bits per heavy atom. The summed E-state index contributed by atoms with van der Waals surface area (Å²) in [6.45, 7) is 2.84. The molecule has 0 N–H and O–H groups in total. The molecular weight excluding hydrogens is 372 g/mol. The lowest BCUT2D eigenvalue weighted by Crippen LogP contribution is -2.44. The average molecular weight is 400 g/mol. The van der Waals surface area contributed by atoms with Gasteiger partial charge >= 0.3 is 0 Å². The van der Waals surface area contributed by atoms with Gasteiger partial charge in [0.25, 0.3) is 5.91 Å². The molecule has 2 fully saturated rings. The van der Waals surface area contributed by atoms with E-state index in [0.29, 0.717) is 24.0 Å². The number of carbonyl (C=O) groups is 1. The van der Waals surface area contributed by atoms with Gasteiger partial charge in [-0.05, 0) is 56.0 Å². The van der Waals surface area contributed by atoms with Gasteiger partial charge in [-0.3, -0.25) is 9.69 Å². The lowest BCUT2D eigenvalue weighted by atomic mass is 9.76. The topological polar surface area (TPSA) is 80.9 Å². The van der Waals surface area contributed by atoms with Crippen molar-refractivity contribution in [2.75, 3.05) is 40.9 Å². The highest BCUT2D eigenvalue weighted by atomic mass is 16.5. The number of nitrogens with zero attached hydrogens (tertiary/aromatic N) is 4. The van der Waals surface area contributed by atoms with Crippen LogP contribution >= 0.6 is 0 Å². The quantitative estimate of drug-likeness (QED) is 0.763. The Labute approximate surface area is 170 Å². The molecule has 1 spiro atoms. The van der Waals surface area contributed by atoms with E-state index in [0.717, 1.165) is 44.6 Å². The first kappa shape index (κ1) is 19.8. The van der Waals surface area contributed by atoms with Crippen LogP contribution in [0.4, 0.5) is 0 Å². The second kappa shape index (κ2) is 8.12. The summed E-state index contributed by atoms with van der Waals surface area (Å²) in [5.74, 6) is 2.02. The van der Waals surface area contributed by atoms with Crippen molar-refractivity contribution in [2.24, 2.45) is 5.41 Å². The van der Waals surface area contributed by atoms with E-state index in [1.807, 2.05) is 29.2 Å². The van der Waals surface area contributed by atoms with E-state index in [1.165, 1.54) is 0 Å². The van der Waals surface area contributed by atoms with Crippen LogP contribution in [0, 0.1) is 5.41 Å². The Morgan fingerprint density at radius 2 is 1.93 bits per heavy atom. The summed E-state index contributed by atoms with van der Waals surface area (Å²) in [7, 11) is 5.34. The maximum atomic E-state index is 12.8. The molecule has 1 unspecified atom stereocenters. The van der Waals surface area contributed by atoms with E-state index in [4.69, 9.17) is 13.9 Å². The third-order valence-corrected chi connectivity index (χ3v) is 6.23. The number of hydrogen-bond donors (Lipinski definition) is 0. The van der Waals surface area contributed by atoms with Crippen LogP contribution in [0.3, 0.4) is 0 Å². The molecule has 1 aromatic heterocycles. The van der Waals surface area contributed by atoms with Crippen molar-refractivity contribution < 1.29 is 18.7 Å². The van der Waals surface area contributed by atoms with Gasteiger partial charge < -0.3 is 18.8 Å². The number of piperidine rings is 1. The van der Waals surface area contributed by atoms with Gasteiger partial charge in [-0.2, -0.15) is 0 Å². The van der Waals surface area contributed by atoms with Crippen LogP contribution in [-0.4, -0.2) is 66.8 Å². The number of carbonyl (C=O) groups excluding carboxylic acids is 1. The number of amides is 1. The van der Waals surface area contributed by atoms with Crippen LogP contribution in [0.25, 0.3) is 0 Å². The highest BCUT2D eigenvalue weighted by molar-refractivity contribution is 5.94. The molecule has 1 aromatic carbocycles. The molecule has 156 valence electrons. The molecule has 3 heterocycles. The lowest BCUT2D eigenvalue weighted by Gasteiger charge is -2.39. The molecular formula is C21H28N4O4. The van der Waals surface area contributed by atoms with Crippen LogP contribution < -0.4 is 4.74 Å². The van der Waals surface area contributed by atoms with E-state index >= 15 is 0 Å². The highest BCUT2D eigenvalue weighted by Gasteiger charge is 2.47. The zero-order chi connectivity index (χ0) is 20.4. The maximum Gasteiger partial charge on any atom is 0.253 e.